The third kappa shape index (κ3) is 1.74. The molecule has 4 bridgehead atoms. The third-order valence-electron chi connectivity index (χ3n) is 5.61. The number of hydrogen-bond acceptors (Lipinski definition) is 3. The second kappa shape index (κ2) is 3.91. The summed E-state index contributed by atoms with van der Waals surface area (Å²) in [6.07, 6.45) is 8.39. The van der Waals surface area contributed by atoms with Gasteiger partial charge in [0, 0.05) is 12.3 Å². The number of aromatic nitrogens is 1. The van der Waals surface area contributed by atoms with E-state index in [1.165, 1.54) is 43.5 Å². The Bertz CT molecular complexity index is 510. The van der Waals surface area contributed by atoms with Crippen molar-refractivity contribution in [2.45, 2.75) is 57.8 Å². The fourth-order valence-corrected chi connectivity index (χ4v) is 6.50. The fraction of sp³-hybridized carbons (Fsp3) is 0.750. The highest BCUT2D eigenvalue weighted by Crippen LogP contribution is 2.61. The molecule has 4 aliphatic rings. The molecule has 5 rings (SSSR count). The Balaban J connectivity index is 1.75. The van der Waals surface area contributed by atoms with E-state index in [2.05, 4.69) is 0 Å². The van der Waals surface area contributed by atoms with Gasteiger partial charge in [-0.25, -0.2) is 4.98 Å². The van der Waals surface area contributed by atoms with Crippen LogP contribution in [0, 0.1) is 24.7 Å². The summed E-state index contributed by atoms with van der Waals surface area (Å²) in [4.78, 5) is 17.4. The van der Waals surface area contributed by atoms with Crippen molar-refractivity contribution < 1.29 is 4.79 Å². The van der Waals surface area contributed by atoms with E-state index in [1.54, 1.807) is 18.3 Å². The van der Waals surface area contributed by atoms with Crippen molar-refractivity contribution in [3.05, 3.63) is 15.6 Å². The van der Waals surface area contributed by atoms with E-state index < -0.39 is 0 Å². The summed E-state index contributed by atoms with van der Waals surface area (Å²) in [5.41, 5.74) is 1.31. The first kappa shape index (κ1) is 12.1. The van der Waals surface area contributed by atoms with Crippen molar-refractivity contribution in [3.8, 4) is 0 Å². The van der Waals surface area contributed by atoms with E-state index in [9.17, 15) is 4.79 Å². The van der Waals surface area contributed by atoms with Gasteiger partial charge in [-0.3, -0.25) is 4.79 Å². The number of hydrogen-bond donors (Lipinski definition) is 0. The summed E-state index contributed by atoms with van der Waals surface area (Å²) < 4.78 is 0. The Morgan fingerprint density at radius 1 is 1.16 bits per heavy atom. The zero-order chi connectivity index (χ0) is 13.2. The molecule has 0 atom stereocenters. The minimum atomic E-state index is 0.186. The molecule has 1 aromatic rings. The average molecular weight is 275 g/mol. The molecule has 2 nitrogen and oxygen atoms in total. The average Bonchev–Trinajstić information content (AvgIpc) is 2.70. The number of ketones is 1. The van der Waals surface area contributed by atoms with Crippen molar-refractivity contribution in [1.29, 1.82) is 0 Å². The Hall–Kier alpha value is -0.700. The van der Waals surface area contributed by atoms with E-state index >= 15 is 0 Å². The predicted octanol–water partition coefficient (Wildman–Crippen LogP) is 4.12. The van der Waals surface area contributed by atoms with Gasteiger partial charge in [-0.1, -0.05) is 0 Å². The molecular weight excluding hydrogens is 254 g/mol. The minimum Gasteiger partial charge on any atom is -0.294 e. The molecule has 19 heavy (non-hydrogen) atoms. The van der Waals surface area contributed by atoms with Gasteiger partial charge >= 0.3 is 0 Å². The molecule has 4 aliphatic carbocycles. The fourth-order valence-electron chi connectivity index (χ4n) is 5.32. The van der Waals surface area contributed by atoms with Crippen molar-refractivity contribution in [3.63, 3.8) is 0 Å². The van der Waals surface area contributed by atoms with Crippen LogP contribution in [0.5, 0.6) is 0 Å². The highest BCUT2D eigenvalue weighted by Gasteiger charge is 2.53. The lowest BCUT2D eigenvalue weighted by atomic mass is 9.50. The Kier molecular flexibility index (Phi) is 2.48. The van der Waals surface area contributed by atoms with Crippen molar-refractivity contribution in [2.24, 2.45) is 17.8 Å². The van der Waals surface area contributed by atoms with Gasteiger partial charge < -0.3 is 0 Å². The zero-order valence-corrected chi connectivity index (χ0v) is 12.6. The summed E-state index contributed by atoms with van der Waals surface area (Å²) in [6, 6.07) is 0. The van der Waals surface area contributed by atoms with E-state index in [-0.39, 0.29) is 5.78 Å². The molecule has 0 unspecified atom stereocenters. The molecule has 4 fully saturated rings. The number of carbonyl (C=O) groups excluding carboxylic acids is 1. The highest BCUT2D eigenvalue weighted by atomic mass is 32.1. The maximum Gasteiger partial charge on any atom is 0.171 e. The Morgan fingerprint density at radius 3 is 2.11 bits per heavy atom. The zero-order valence-electron chi connectivity index (χ0n) is 11.7. The van der Waals surface area contributed by atoms with Crippen molar-refractivity contribution >= 4 is 17.1 Å². The van der Waals surface area contributed by atoms with E-state index in [0.29, 0.717) is 5.41 Å². The molecule has 0 spiro atoms. The van der Waals surface area contributed by atoms with Crippen LogP contribution in [-0.4, -0.2) is 10.8 Å². The number of carbonyl (C=O) groups is 1. The number of aryl methyl sites for hydroxylation is 1. The molecule has 1 heterocycles. The summed E-state index contributed by atoms with van der Waals surface area (Å²) >= 11 is 1.70. The van der Waals surface area contributed by atoms with Crippen LogP contribution in [0.4, 0.5) is 0 Å². The van der Waals surface area contributed by atoms with E-state index in [4.69, 9.17) is 4.98 Å². The Morgan fingerprint density at radius 2 is 1.68 bits per heavy atom. The second-order valence-electron chi connectivity index (χ2n) is 7.19. The third-order valence-corrected chi connectivity index (χ3v) is 7.11. The summed E-state index contributed by atoms with van der Waals surface area (Å²) in [5, 5.41) is 1.29. The maximum absolute atomic E-state index is 11.7. The van der Waals surface area contributed by atoms with E-state index in [0.717, 1.165) is 28.3 Å². The first-order chi connectivity index (χ1) is 9.06. The second-order valence-corrected chi connectivity index (χ2v) is 8.19. The van der Waals surface area contributed by atoms with Gasteiger partial charge in [0.05, 0.1) is 15.6 Å². The largest absolute Gasteiger partial charge is 0.294 e. The first-order valence-corrected chi connectivity index (χ1v) is 8.36. The molecule has 0 amide bonds. The van der Waals surface area contributed by atoms with Crippen molar-refractivity contribution in [2.75, 3.05) is 0 Å². The lowest BCUT2D eigenvalue weighted by molar-refractivity contribution is -0.00531. The maximum atomic E-state index is 11.7. The topological polar surface area (TPSA) is 30.0 Å². The van der Waals surface area contributed by atoms with Gasteiger partial charge in [-0.15, -0.1) is 11.3 Å². The lowest BCUT2D eigenvalue weighted by Crippen LogP contribution is -2.48. The standard InChI is InChI=1S/C16H21NOS/c1-9-14(10(2)18)19-15(17-9)16-6-11-3-12(7-16)5-13(4-11)8-16/h11-13H,3-8H2,1-2H3. The molecule has 0 N–H and O–H groups in total. The van der Waals surface area contributed by atoms with Crippen LogP contribution >= 0.6 is 11.3 Å². The van der Waals surface area contributed by atoms with E-state index in [1.807, 2.05) is 6.92 Å². The molecule has 4 saturated carbocycles. The van der Waals surface area contributed by atoms with Gasteiger partial charge in [0.15, 0.2) is 5.78 Å². The smallest absolute Gasteiger partial charge is 0.171 e. The quantitative estimate of drug-likeness (QED) is 0.760. The Labute approximate surface area is 118 Å². The normalized spacial score (nSPS) is 39.8. The summed E-state index contributed by atoms with van der Waals surface area (Å²) in [5.74, 6) is 3.01. The molecule has 102 valence electrons. The van der Waals surface area contributed by atoms with Gasteiger partial charge in [0.1, 0.15) is 0 Å². The van der Waals surface area contributed by atoms with Crippen LogP contribution in [0.1, 0.15) is 65.8 Å². The lowest BCUT2D eigenvalue weighted by Gasteiger charge is -2.56. The van der Waals surface area contributed by atoms with Crippen LogP contribution in [-0.2, 0) is 5.41 Å². The first-order valence-electron chi connectivity index (χ1n) is 7.54. The molecule has 0 aliphatic heterocycles. The van der Waals surface area contributed by atoms with Crippen molar-refractivity contribution in [1.82, 2.24) is 4.98 Å². The van der Waals surface area contributed by atoms with Crippen LogP contribution in [0.15, 0.2) is 0 Å². The molecule has 0 saturated heterocycles. The number of rotatable bonds is 2. The van der Waals surface area contributed by atoms with Gasteiger partial charge in [0.25, 0.3) is 0 Å². The predicted molar refractivity (Wildman–Crippen MR) is 76.7 cm³/mol. The molecule has 3 heteroatoms. The molecule has 0 aromatic carbocycles. The molecule has 0 radical (unpaired) electrons. The van der Waals surface area contributed by atoms with Crippen LogP contribution in [0.3, 0.4) is 0 Å². The highest BCUT2D eigenvalue weighted by molar-refractivity contribution is 7.14. The minimum absolute atomic E-state index is 0.186. The van der Waals surface area contributed by atoms with Gasteiger partial charge in [-0.05, 0) is 63.2 Å². The monoisotopic (exact) mass is 275 g/mol. The number of nitrogens with zero attached hydrogens (tertiary/aromatic N) is 1. The SMILES string of the molecule is CC(=O)c1sc(C23CC4CC(CC(C4)C2)C3)nc1C. The summed E-state index contributed by atoms with van der Waals surface area (Å²) in [6.45, 7) is 3.67. The van der Waals surface area contributed by atoms with Crippen LogP contribution in [0.25, 0.3) is 0 Å². The van der Waals surface area contributed by atoms with Crippen LogP contribution < -0.4 is 0 Å². The number of thiazole rings is 1. The van der Waals surface area contributed by atoms with Gasteiger partial charge in [0.2, 0.25) is 0 Å². The summed E-state index contributed by atoms with van der Waals surface area (Å²) in [7, 11) is 0. The molecular formula is C16H21NOS. The van der Waals surface area contributed by atoms with Crippen LogP contribution in [0.2, 0.25) is 0 Å². The molecule has 1 aromatic heterocycles. The van der Waals surface area contributed by atoms with Gasteiger partial charge in [-0.2, -0.15) is 0 Å². The number of Topliss-reactive ketones (excluding diaryl/α,β-unsaturated/α-hetero) is 1.